The molecule has 1 aliphatic heterocycles. The van der Waals surface area contributed by atoms with Crippen molar-refractivity contribution in [3.63, 3.8) is 0 Å². The molecule has 148 valence electrons. The summed E-state index contributed by atoms with van der Waals surface area (Å²) in [4.78, 5) is 39.4. The number of rotatable bonds is 4. The van der Waals surface area contributed by atoms with Crippen LogP contribution < -0.4 is 5.32 Å². The minimum absolute atomic E-state index is 0.0525. The predicted octanol–water partition coefficient (Wildman–Crippen LogP) is 3.82. The number of aryl methyl sites for hydroxylation is 1. The van der Waals surface area contributed by atoms with E-state index < -0.39 is 11.8 Å². The van der Waals surface area contributed by atoms with Crippen molar-refractivity contribution in [1.82, 2.24) is 9.47 Å². The number of nitrogens with zero attached hydrogens (tertiary/aromatic N) is 2. The highest BCUT2D eigenvalue weighted by Crippen LogP contribution is 2.27. The van der Waals surface area contributed by atoms with E-state index in [0.29, 0.717) is 17.0 Å². The van der Waals surface area contributed by atoms with Crippen LogP contribution in [0.25, 0.3) is 10.9 Å². The maximum absolute atomic E-state index is 12.8. The van der Waals surface area contributed by atoms with Gasteiger partial charge in [-0.15, -0.1) is 0 Å². The maximum atomic E-state index is 12.8. The van der Waals surface area contributed by atoms with Gasteiger partial charge >= 0.3 is 0 Å². The molecule has 0 aliphatic carbocycles. The molecule has 3 heterocycles. The van der Waals surface area contributed by atoms with Crippen molar-refractivity contribution in [3.8, 4) is 0 Å². The van der Waals surface area contributed by atoms with E-state index in [1.165, 1.54) is 18.4 Å². The first-order valence-electron chi connectivity index (χ1n) is 9.41. The third-order valence-electron chi connectivity index (χ3n) is 5.30. The molecule has 2 aromatic carbocycles. The summed E-state index contributed by atoms with van der Waals surface area (Å²) in [5.41, 5.74) is 2.49. The molecule has 1 N–H and O–H groups in total. The zero-order valence-electron chi connectivity index (χ0n) is 16.1. The Morgan fingerprint density at radius 3 is 2.63 bits per heavy atom. The molecular weight excluding hydrogens is 382 g/mol. The molecule has 1 aliphatic rings. The Morgan fingerprint density at radius 1 is 1.00 bits per heavy atom. The van der Waals surface area contributed by atoms with Gasteiger partial charge in [0.05, 0.1) is 29.6 Å². The number of hydrogen-bond donors (Lipinski definition) is 1. The second kappa shape index (κ2) is 6.73. The largest absolute Gasteiger partial charge is 0.467 e. The number of hydrogen-bond acceptors (Lipinski definition) is 4. The SMILES string of the molecule is Cn1ccc2c(NC(=O)c3ccc4c(c3)C(=O)N(Cc3ccco3)C4=O)cccc21. The van der Waals surface area contributed by atoms with Gasteiger partial charge in [0.25, 0.3) is 17.7 Å². The number of benzene rings is 2. The minimum Gasteiger partial charge on any atom is -0.467 e. The smallest absolute Gasteiger partial charge is 0.261 e. The molecule has 3 amide bonds. The highest BCUT2D eigenvalue weighted by Gasteiger charge is 2.36. The number of carbonyl (C=O) groups is 3. The van der Waals surface area contributed by atoms with Gasteiger partial charge < -0.3 is 14.3 Å². The van der Waals surface area contributed by atoms with E-state index in [0.717, 1.165) is 15.8 Å². The third-order valence-corrected chi connectivity index (χ3v) is 5.30. The van der Waals surface area contributed by atoms with Crippen LogP contribution in [0, 0.1) is 0 Å². The van der Waals surface area contributed by atoms with Gasteiger partial charge in [0, 0.05) is 29.7 Å². The molecule has 0 atom stereocenters. The van der Waals surface area contributed by atoms with Crippen LogP contribution in [0.3, 0.4) is 0 Å². The molecule has 0 fully saturated rings. The summed E-state index contributed by atoms with van der Waals surface area (Å²) in [6.07, 6.45) is 3.41. The second-order valence-corrected chi connectivity index (χ2v) is 7.16. The number of amides is 3. The highest BCUT2D eigenvalue weighted by atomic mass is 16.3. The summed E-state index contributed by atoms with van der Waals surface area (Å²) >= 11 is 0. The first kappa shape index (κ1) is 17.9. The van der Waals surface area contributed by atoms with E-state index in [1.807, 2.05) is 42.1 Å². The standard InChI is InChI=1S/C23H17N3O4/c1-25-10-9-17-19(5-2-6-20(17)25)24-21(27)14-7-8-16-18(12-14)23(29)26(22(16)28)13-15-4-3-11-30-15/h2-12H,13H2,1H3,(H,24,27). The fraction of sp³-hybridized carbons (Fsp3) is 0.0870. The summed E-state index contributed by atoms with van der Waals surface area (Å²) in [6.45, 7) is 0.0525. The van der Waals surface area contributed by atoms with Crippen LogP contribution >= 0.6 is 0 Å². The molecule has 30 heavy (non-hydrogen) atoms. The van der Waals surface area contributed by atoms with Gasteiger partial charge in [0.15, 0.2) is 0 Å². The highest BCUT2D eigenvalue weighted by molar-refractivity contribution is 6.22. The van der Waals surface area contributed by atoms with Crippen molar-refractivity contribution in [3.05, 3.63) is 89.5 Å². The normalized spacial score (nSPS) is 13.2. The monoisotopic (exact) mass is 399 g/mol. The van der Waals surface area contributed by atoms with Crippen LogP contribution in [0.5, 0.6) is 0 Å². The fourth-order valence-corrected chi connectivity index (χ4v) is 3.74. The van der Waals surface area contributed by atoms with E-state index in [9.17, 15) is 14.4 Å². The van der Waals surface area contributed by atoms with Gasteiger partial charge in [0.1, 0.15) is 5.76 Å². The van der Waals surface area contributed by atoms with Gasteiger partial charge in [-0.1, -0.05) is 6.07 Å². The number of anilines is 1. The van der Waals surface area contributed by atoms with Crippen molar-refractivity contribution in [1.29, 1.82) is 0 Å². The van der Waals surface area contributed by atoms with Gasteiger partial charge in [-0.3, -0.25) is 19.3 Å². The van der Waals surface area contributed by atoms with Crippen LogP contribution in [0.1, 0.15) is 36.8 Å². The van der Waals surface area contributed by atoms with Crippen molar-refractivity contribution in [2.24, 2.45) is 7.05 Å². The number of nitrogens with one attached hydrogen (secondary N) is 1. The zero-order chi connectivity index (χ0) is 20.8. The van der Waals surface area contributed by atoms with Crippen molar-refractivity contribution >= 4 is 34.3 Å². The third kappa shape index (κ3) is 2.79. The van der Waals surface area contributed by atoms with Crippen molar-refractivity contribution in [2.45, 2.75) is 6.54 Å². The topological polar surface area (TPSA) is 84.6 Å². The summed E-state index contributed by atoms with van der Waals surface area (Å²) in [5, 5.41) is 3.82. The predicted molar refractivity (Wildman–Crippen MR) is 110 cm³/mol. The van der Waals surface area contributed by atoms with Crippen LogP contribution in [-0.4, -0.2) is 27.2 Å². The molecule has 7 heteroatoms. The van der Waals surface area contributed by atoms with Crippen molar-refractivity contribution < 1.29 is 18.8 Å². The van der Waals surface area contributed by atoms with E-state index in [1.54, 1.807) is 18.2 Å². The molecule has 0 spiro atoms. The average Bonchev–Trinajstić information content (AvgIpc) is 3.45. The number of imide groups is 1. The quantitative estimate of drug-likeness (QED) is 0.529. The molecule has 4 aromatic rings. The number of fused-ring (bicyclic) bond motifs is 2. The fourth-order valence-electron chi connectivity index (χ4n) is 3.74. The minimum atomic E-state index is -0.439. The van der Waals surface area contributed by atoms with Gasteiger partial charge in [-0.05, 0) is 48.5 Å². The zero-order valence-corrected chi connectivity index (χ0v) is 16.1. The lowest BCUT2D eigenvalue weighted by Crippen LogP contribution is -2.28. The van der Waals surface area contributed by atoms with E-state index in [2.05, 4.69) is 5.32 Å². The van der Waals surface area contributed by atoms with Gasteiger partial charge in [0.2, 0.25) is 0 Å². The number of aromatic nitrogens is 1. The van der Waals surface area contributed by atoms with Crippen molar-refractivity contribution in [2.75, 3.05) is 5.32 Å². The van der Waals surface area contributed by atoms with E-state index in [-0.39, 0.29) is 23.6 Å². The van der Waals surface area contributed by atoms with Crippen LogP contribution in [0.2, 0.25) is 0 Å². The summed E-state index contributed by atoms with van der Waals surface area (Å²) in [5.74, 6) is -0.670. The van der Waals surface area contributed by atoms with E-state index in [4.69, 9.17) is 4.42 Å². The molecular formula is C23H17N3O4. The summed E-state index contributed by atoms with van der Waals surface area (Å²) in [7, 11) is 1.94. The molecule has 0 unspecified atom stereocenters. The Hall–Kier alpha value is -4.13. The van der Waals surface area contributed by atoms with Gasteiger partial charge in [-0.25, -0.2) is 0 Å². The Balaban J connectivity index is 1.42. The Morgan fingerprint density at radius 2 is 1.83 bits per heavy atom. The average molecular weight is 399 g/mol. The first-order valence-corrected chi connectivity index (χ1v) is 9.41. The molecule has 2 aromatic heterocycles. The Bertz CT molecular complexity index is 1320. The molecule has 7 nitrogen and oxygen atoms in total. The second-order valence-electron chi connectivity index (χ2n) is 7.16. The Kier molecular flexibility index (Phi) is 4.03. The van der Waals surface area contributed by atoms with Crippen LogP contribution in [-0.2, 0) is 13.6 Å². The lowest BCUT2D eigenvalue weighted by Gasteiger charge is -2.11. The number of carbonyl (C=O) groups excluding carboxylic acids is 3. The Labute approximate surface area is 171 Å². The molecule has 0 bridgehead atoms. The molecule has 0 radical (unpaired) electrons. The number of furan rings is 1. The van der Waals surface area contributed by atoms with E-state index >= 15 is 0 Å². The van der Waals surface area contributed by atoms with Gasteiger partial charge in [-0.2, -0.15) is 0 Å². The molecule has 0 saturated carbocycles. The summed E-state index contributed by atoms with van der Waals surface area (Å²) in [6, 6.07) is 15.5. The van der Waals surface area contributed by atoms with Crippen LogP contribution in [0.4, 0.5) is 5.69 Å². The van der Waals surface area contributed by atoms with Crippen LogP contribution in [0.15, 0.2) is 71.5 Å². The molecule has 5 rings (SSSR count). The summed E-state index contributed by atoms with van der Waals surface area (Å²) < 4.78 is 7.21. The molecule has 0 saturated heterocycles. The lowest BCUT2D eigenvalue weighted by atomic mass is 10.1. The lowest BCUT2D eigenvalue weighted by molar-refractivity contribution is 0.0631. The first-order chi connectivity index (χ1) is 14.5. The maximum Gasteiger partial charge on any atom is 0.261 e.